The lowest BCUT2D eigenvalue weighted by atomic mass is 10.1. The fraction of sp³-hybridized carbons (Fsp3) is 0.125. The SMILES string of the molecule is CC(=O)Nc1cccc(C(C)=NNC(=O)CN(c2cccc(Cl)c2)S(=O)(=O)c2ccccc2)c1. The summed E-state index contributed by atoms with van der Waals surface area (Å²) in [6.45, 7) is 2.58. The van der Waals surface area contributed by atoms with Crippen molar-refractivity contribution in [3.05, 3.63) is 89.4 Å². The van der Waals surface area contributed by atoms with Crippen LogP contribution in [0.5, 0.6) is 0 Å². The number of sulfonamides is 1. The van der Waals surface area contributed by atoms with Crippen LogP contribution in [0.2, 0.25) is 5.02 Å². The summed E-state index contributed by atoms with van der Waals surface area (Å²) in [6, 6.07) is 21.0. The van der Waals surface area contributed by atoms with Crippen molar-refractivity contribution in [3.8, 4) is 0 Å². The third kappa shape index (κ3) is 6.43. The van der Waals surface area contributed by atoms with Gasteiger partial charge in [-0.1, -0.05) is 48.0 Å². The van der Waals surface area contributed by atoms with Crippen LogP contribution in [-0.2, 0) is 19.6 Å². The minimum atomic E-state index is -4.05. The van der Waals surface area contributed by atoms with Gasteiger partial charge in [0.25, 0.3) is 15.9 Å². The van der Waals surface area contributed by atoms with Gasteiger partial charge in [-0.3, -0.25) is 13.9 Å². The molecule has 0 saturated carbocycles. The lowest BCUT2D eigenvalue weighted by Crippen LogP contribution is -2.39. The molecule has 34 heavy (non-hydrogen) atoms. The highest BCUT2D eigenvalue weighted by molar-refractivity contribution is 7.92. The first-order valence-electron chi connectivity index (χ1n) is 10.2. The fourth-order valence-electron chi connectivity index (χ4n) is 3.07. The molecule has 0 heterocycles. The molecule has 176 valence electrons. The Morgan fingerprint density at radius 2 is 1.65 bits per heavy atom. The van der Waals surface area contributed by atoms with Crippen LogP contribution in [0.4, 0.5) is 11.4 Å². The molecule has 0 fully saturated rings. The Morgan fingerprint density at radius 1 is 0.941 bits per heavy atom. The zero-order chi connectivity index (χ0) is 24.7. The van der Waals surface area contributed by atoms with E-state index in [0.29, 0.717) is 22.0 Å². The molecule has 0 bridgehead atoms. The van der Waals surface area contributed by atoms with Gasteiger partial charge in [-0.25, -0.2) is 13.8 Å². The summed E-state index contributed by atoms with van der Waals surface area (Å²) in [7, 11) is -4.05. The monoisotopic (exact) mass is 498 g/mol. The van der Waals surface area contributed by atoms with Crippen molar-refractivity contribution in [1.29, 1.82) is 0 Å². The number of rotatable bonds is 8. The highest BCUT2D eigenvalue weighted by Crippen LogP contribution is 2.26. The number of benzene rings is 3. The van der Waals surface area contributed by atoms with Crippen molar-refractivity contribution >= 4 is 50.5 Å². The van der Waals surface area contributed by atoms with Crippen LogP contribution in [0.25, 0.3) is 0 Å². The van der Waals surface area contributed by atoms with E-state index in [1.54, 1.807) is 67.6 Å². The maximum Gasteiger partial charge on any atom is 0.264 e. The molecule has 0 aliphatic heterocycles. The summed E-state index contributed by atoms with van der Waals surface area (Å²) in [6.07, 6.45) is 0. The fourth-order valence-corrected chi connectivity index (χ4v) is 4.69. The van der Waals surface area contributed by atoms with Gasteiger partial charge in [0.2, 0.25) is 5.91 Å². The molecule has 3 aromatic carbocycles. The molecule has 3 aromatic rings. The molecule has 0 aromatic heterocycles. The van der Waals surface area contributed by atoms with Gasteiger partial charge in [0.15, 0.2) is 0 Å². The Morgan fingerprint density at radius 3 is 2.32 bits per heavy atom. The van der Waals surface area contributed by atoms with Crippen molar-refractivity contribution in [1.82, 2.24) is 5.43 Å². The normalized spacial score (nSPS) is 11.6. The lowest BCUT2D eigenvalue weighted by molar-refractivity contribution is -0.119. The van der Waals surface area contributed by atoms with Gasteiger partial charge in [0, 0.05) is 17.6 Å². The summed E-state index contributed by atoms with van der Waals surface area (Å²) in [5, 5.41) is 7.10. The van der Waals surface area contributed by atoms with E-state index in [-0.39, 0.29) is 16.5 Å². The number of hydrogen-bond acceptors (Lipinski definition) is 5. The maximum absolute atomic E-state index is 13.3. The van der Waals surface area contributed by atoms with E-state index < -0.39 is 22.5 Å². The number of nitrogens with one attached hydrogen (secondary N) is 2. The summed E-state index contributed by atoms with van der Waals surface area (Å²) < 4.78 is 27.6. The van der Waals surface area contributed by atoms with E-state index in [2.05, 4.69) is 15.8 Å². The third-order valence-corrected chi connectivity index (χ3v) is 6.69. The maximum atomic E-state index is 13.3. The molecule has 2 N–H and O–H groups in total. The van der Waals surface area contributed by atoms with Crippen LogP contribution in [0.3, 0.4) is 0 Å². The molecule has 0 aliphatic rings. The van der Waals surface area contributed by atoms with Gasteiger partial charge in [-0.15, -0.1) is 0 Å². The minimum Gasteiger partial charge on any atom is -0.326 e. The predicted octanol–water partition coefficient (Wildman–Crippen LogP) is 4.03. The number of anilines is 2. The molecule has 0 aliphatic carbocycles. The summed E-state index contributed by atoms with van der Waals surface area (Å²) in [5.41, 5.74) is 4.39. The number of nitrogens with zero attached hydrogens (tertiary/aromatic N) is 2. The van der Waals surface area contributed by atoms with Gasteiger partial charge in [0.1, 0.15) is 6.54 Å². The first kappa shape index (κ1) is 24.9. The zero-order valence-electron chi connectivity index (χ0n) is 18.5. The van der Waals surface area contributed by atoms with Gasteiger partial charge < -0.3 is 5.32 Å². The highest BCUT2D eigenvalue weighted by Gasteiger charge is 2.27. The lowest BCUT2D eigenvalue weighted by Gasteiger charge is -2.24. The van der Waals surface area contributed by atoms with Crippen LogP contribution in [0, 0.1) is 0 Å². The van der Waals surface area contributed by atoms with E-state index in [4.69, 9.17) is 11.6 Å². The first-order valence-corrected chi connectivity index (χ1v) is 12.0. The molecule has 0 saturated heterocycles. The van der Waals surface area contributed by atoms with Crippen molar-refractivity contribution < 1.29 is 18.0 Å². The standard InChI is InChI=1S/C24H23ClN4O4S/c1-17(19-8-6-10-21(14-19)26-18(2)30)27-28-24(31)16-29(22-11-7-9-20(25)15-22)34(32,33)23-12-4-3-5-13-23/h3-15H,16H2,1-2H3,(H,26,30)(H,28,31). The van der Waals surface area contributed by atoms with Gasteiger partial charge in [0.05, 0.1) is 16.3 Å². The number of hydrazone groups is 1. The quantitative estimate of drug-likeness (QED) is 0.361. The Hall–Kier alpha value is -3.69. The molecule has 0 unspecified atom stereocenters. The van der Waals surface area contributed by atoms with Gasteiger partial charge in [-0.05, 0) is 55.0 Å². The van der Waals surface area contributed by atoms with Crippen molar-refractivity contribution in [2.45, 2.75) is 18.7 Å². The predicted molar refractivity (Wildman–Crippen MR) is 134 cm³/mol. The zero-order valence-corrected chi connectivity index (χ0v) is 20.1. The number of carbonyl (C=O) groups is 2. The molecule has 0 spiro atoms. The van der Waals surface area contributed by atoms with Crippen LogP contribution >= 0.6 is 11.6 Å². The average molecular weight is 499 g/mol. The van der Waals surface area contributed by atoms with Gasteiger partial charge >= 0.3 is 0 Å². The summed E-state index contributed by atoms with van der Waals surface area (Å²) in [4.78, 5) is 24.0. The number of carbonyl (C=O) groups excluding carboxylic acids is 2. The van der Waals surface area contributed by atoms with E-state index >= 15 is 0 Å². The molecule has 3 rings (SSSR count). The number of halogens is 1. The Kier molecular flexibility index (Phi) is 8.04. The summed E-state index contributed by atoms with van der Waals surface area (Å²) in [5.74, 6) is -0.849. The van der Waals surface area contributed by atoms with Crippen LogP contribution in [-0.4, -0.2) is 32.5 Å². The highest BCUT2D eigenvalue weighted by atomic mass is 35.5. The Bertz CT molecular complexity index is 1330. The third-order valence-electron chi connectivity index (χ3n) is 4.66. The van der Waals surface area contributed by atoms with Crippen LogP contribution in [0.1, 0.15) is 19.4 Å². The Labute approximate surface area is 203 Å². The second kappa shape index (κ2) is 11.0. The van der Waals surface area contributed by atoms with E-state index in [1.165, 1.54) is 25.1 Å². The van der Waals surface area contributed by atoms with Crippen LogP contribution < -0.4 is 15.0 Å². The molecule has 10 heteroatoms. The smallest absolute Gasteiger partial charge is 0.264 e. The molecule has 2 amide bonds. The van der Waals surface area contributed by atoms with Crippen molar-refractivity contribution in [3.63, 3.8) is 0 Å². The second-order valence-electron chi connectivity index (χ2n) is 7.30. The van der Waals surface area contributed by atoms with Crippen LogP contribution in [0.15, 0.2) is 88.9 Å². The minimum absolute atomic E-state index is 0.0391. The van der Waals surface area contributed by atoms with E-state index in [9.17, 15) is 18.0 Å². The largest absolute Gasteiger partial charge is 0.326 e. The van der Waals surface area contributed by atoms with Crippen molar-refractivity contribution in [2.24, 2.45) is 5.10 Å². The average Bonchev–Trinajstić information content (AvgIpc) is 2.81. The Balaban J connectivity index is 1.83. The van der Waals surface area contributed by atoms with E-state index in [1.807, 2.05) is 0 Å². The second-order valence-corrected chi connectivity index (χ2v) is 9.60. The molecule has 0 atom stereocenters. The topological polar surface area (TPSA) is 108 Å². The molecular weight excluding hydrogens is 476 g/mol. The first-order chi connectivity index (χ1) is 16.2. The molecular formula is C24H23ClN4O4S. The van der Waals surface area contributed by atoms with Gasteiger partial charge in [-0.2, -0.15) is 5.10 Å². The number of hydrogen-bond donors (Lipinski definition) is 2. The van der Waals surface area contributed by atoms with E-state index in [0.717, 1.165) is 4.31 Å². The molecule has 8 nitrogen and oxygen atoms in total. The summed E-state index contributed by atoms with van der Waals surface area (Å²) >= 11 is 6.07. The number of amides is 2. The molecule has 0 radical (unpaired) electrons. The van der Waals surface area contributed by atoms with Crippen molar-refractivity contribution in [2.75, 3.05) is 16.2 Å².